The molecule has 3 nitrogen and oxygen atoms in total. The molecule has 1 rings (SSSR count). The molecule has 0 saturated carbocycles. The number of ether oxygens (including phenoxy) is 1. The van der Waals surface area contributed by atoms with Crippen LogP contribution < -0.4 is 10.1 Å². The van der Waals surface area contributed by atoms with Crippen LogP contribution in [0.3, 0.4) is 0 Å². The van der Waals surface area contributed by atoms with Gasteiger partial charge < -0.3 is 10.1 Å². The summed E-state index contributed by atoms with van der Waals surface area (Å²) >= 11 is 0. The molecule has 0 aliphatic rings. The minimum Gasteiger partial charge on any atom is -0.486 e. The maximum atomic E-state index is 12.0. The number of nitrogens with one attached hydrogen (secondary N) is 1. The SMILES string of the molecule is CCCNC(CC)c1ccc(OCC(F)F)cn1. The van der Waals surface area contributed by atoms with Gasteiger partial charge in [-0.3, -0.25) is 4.98 Å². The van der Waals surface area contributed by atoms with E-state index in [4.69, 9.17) is 4.74 Å². The van der Waals surface area contributed by atoms with Crippen molar-refractivity contribution in [2.75, 3.05) is 13.2 Å². The quantitative estimate of drug-likeness (QED) is 0.777. The molecule has 0 aliphatic heterocycles. The molecular weight excluding hydrogens is 238 g/mol. The number of hydrogen-bond acceptors (Lipinski definition) is 3. The minimum absolute atomic E-state index is 0.203. The van der Waals surface area contributed by atoms with E-state index in [9.17, 15) is 8.78 Å². The lowest BCUT2D eigenvalue weighted by molar-refractivity contribution is 0.0817. The smallest absolute Gasteiger partial charge is 0.272 e. The molecule has 0 fully saturated rings. The Morgan fingerprint density at radius 1 is 1.33 bits per heavy atom. The molecule has 1 unspecified atom stereocenters. The van der Waals surface area contributed by atoms with Crippen LogP contribution in [-0.2, 0) is 0 Å². The average molecular weight is 258 g/mol. The highest BCUT2D eigenvalue weighted by Crippen LogP contribution is 2.17. The molecular formula is C13H20F2N2O. The normalized spacial score (nSPS) is 12.7. The monoisotopic (exact) mass is 258 g/mol. The number of nitrogens with zero attached hydrogens (tertiary/aromatic N) is 1. The lowest BCUT2D eigenvalue weighted by Gasteiger charge is -2.16. The van der Waals surface area contributed by atoms with E-state index in [-0.39, 0.29) is 6.04 Å². The first-order chi connectivity index (χ1) is 8.67. The van der Waals surface area contributed by atoms with E-state index in [0.717, 1.165) is 25.1 Å². The fourth-order valence-electron chi connectivity index (χ4n) is 1.62. The van der Waals surface area contributed by atoms with Crippen molar-refractivity contribution in [3.05, 3.63) is 24.0 Å². The summed E-state index contributed by atoms with van der Waals surface area (Å²) in [7, 11) is 0. The molecule has 1 heterocycles. The standard InChI is InChI=1S/C13H20F2N2O/c1-3-7-16-11(4-2)12-6-5-10(8-17-12)18-9-13(14)15/h5-6,8,11,13,16H,3-4,7,9H2,1-2H3. The zero-order valence-corrected chi connectivity index (χ0v) is 10.8. The third-order valence-corrected chi connectivity index (χ3v) is 2.54. The summed E-state index contributed by atoms with van der Waals surface area (Å²) in [5, 5.41) is 3.38. The van der Waals surface area contributed by atoms with Crippen LogP contribution in [0.4, 0.5) is 8.78 Å². The molecule has 18 heavy (non-hydrogen) atoms. The largest absolute Gasteiger partial charge is 0.486 e. The first-order valence-electron chi connectivity index (χ1n) is 6.27. The van der Waals surface area contributed by atoms with Crippen molar-refractivity contribution >= 4 is 0 Å². The first-order valence-corrected chi connectivity index (χ1v) is 6.27. The molecule has 0 aromatic carbocycles. The molecule has 0 spiro atoms. The summed E-state index contributed by atoms with van der Waals surface area (Å²) in [5.41, 5.74) is 0.912. The molecule has 1 aromatic heterocycles. The Labute approximate surface area is 107 Å². The van der Waals surface area contributed by atoms with Crippen LogP contribution in [0.15, 0.2) is 18.3 Å². The van der Waals surface area contributed by atoms with Crippen LogP contribution in [0.25, 0.3) is 0 Å². The van der Waals surface area contributed by atoms with Crippen LogP contribution >= 0.6 is 0 Å². The van der Waals surface area contributed by atoms with E-state index in [1.54, 1.807) is 6.07 Å². The molecule has 0 radical (unpaired) electrons. The molecule has 102 valence electrons. The third-order valence-electron chi connectivity index (χ3n) is 2.54. The van der Waals surface area contributed by atoms with E-state index < -0.39 is 13.0 Å². The maximum absolute atomic E-state index is 12.0. The van der Waals surface area contributed by atoms with Gasteiger partial charge in [-0.2, -0.15) is 0 Å². The predicted octanol–water partition coefficient (Wildman–Crippen LogP) is 3.18. The van der Waals surface area contributed by atoms with Crippen molar-refractivity contribution in [3.63, 3.8) is 0 Å². The Kier molecular flexibility index (Phi) is 6.57. The van der Waals surface area contributed by atoms with Gasteiger partial charge in [0, 0.05) is 6.04 Å². The van der Waals surface area contributed by atoms with E-state index in [0.29, 0.717) is 5.75 Å². The molecule has 1 aromatic rings. The number of pyridine rings is 1. The van der Waals surface area contributed by atoms with Gasteiger partial charge in [-0.1, -0.05) is 13.8 Å². The van der Waals surface area contributed by atoms with E-state index in [1.165, 1.54) is 6.20 Å². The van der Waals surface area contributed by atoms with Gasteiger partial charge in [-0.05, 0) is 31.5 Å². The van der Waals surface area contributed by atoms with Gasteiger partial charge in [0.05, 0.1) is 11.9 Å². The Morgan fingerprint density at radius 3 is 2.61 bits per heavy atom. The number of halogens is 2. The van der Waals surface area contributed by atoms with Crippen molar-refractivity contribution in [2.45, 2.75) is 39.2 Å². The van der Waals surface area contributed by atoms with Gasteiger partial charge in [0.1, 0.15) is 12.4 Å². The second kappa shape index (κ2) is 7.97. The second-order valence-corrected chi connectivity index (χ2v) is 4.04. The van der Waals surface area contributed by atoms with E-state index in [1.807, 2.05) is 6.07 Å². The van der Waals surface area contributed by atoms with Crippen LogP contribution in [0.2, 0.25) is 0 Å². The summed E-state index contributed by atoms with van der Waals surface area (Å²) in [6, 6.07) is 3.70. The Bertz CT molecular complexity index is 330. The summed E-state index contributed by atoms with van der Waals surface area (Å²) < 4.78 is 28.8. The molecule has 0 amide bonds. The van der Waals surface area contributed by atoms with Crippen LogP contribution in [0.1, 0.15) is 38.4 Å². The first kappa shape index (κ1) is 14.8. The number of alkyl halides is 2. The Hall–Kier alpha value is -1.23. The number of hydrogen-bond donors (Lipinski definition) is 1. The lowest BCUT2D eigenvalue weighted by Crippen LogP contribution is -2.22. The average Bonchev–Trinajstić information content (AvgIpc) is 2.38. The van der Waals surface area contributed by atoms with Gasteiger partial charge in [0.25, 0.3) is 6.43 Å². The fourth-order valence-corrected chi connectivity index (χ4v) is 1.62. The van der Waals surface area contributed by atoms with Crippen LogP contribution in [-0.4, -0.2) is 24.6 Å². The summed E-state index contributed by atoms with van der Waals surface area (Å²) in [5.74, 6) is 0.379. The molecule has 0 aliphatic carbocycles. The van der Waals surface area contributed by atoms with Crippen molar-refractivity contribution in [1.29, 1.82) is 0 Å². The topological polar surface area (TPSA) is 34.1 Å². The fraction of sp³-hybridized carbons (Fsp3) is 0.615. The molecule has 5 heteroatoms. The summed E-state index contributed by atoms with van der Waals surface area (Å²) in [4.78, 5) is 4.25. The molecule has 1 N–H and O–H groups in total. The highest BCUT2D eigenvalue weighted by Gasteiger charge is 2.10. The van der Waals surface area contributed by atoms with Crippen molar-refractivity contribution in [1.82, 2.24) is 10.3 Å². The van der Waals surface area contributed by atoms with Gasteiger partial charge in [0.15, 0.2) is 0 Å². The molecule has 0 saturated heterocycles. The Morgan fingerprint density at radius 2 is 2.11 bits per heavy atom. The summed E-state index contributed by atoms with van der Waals surface area (Å²) in [6.45, 7) is 4.53. The van der Waals surface area contributed by atoms with Gasteiger partial charge in [-0.25, -0.2) is 8.78 Å². The highest BCUT2D eigenvalue weighted by atomic mass is 19.3. The van der Waals surface area contributed by atoms with Crippen molar-refractivity contribution < 1.29 is 13.5 Å². The number of aromatic nitrogens is 1. The van der Waals surface area contributed by atoms with Crippen molar-refractivity contribution in [3.8, 4) is 5.75 Å². The van der Waals surface area contributed by atoms with Gasteiger partial charge in [-0.15, -0.1) is 0 Å². The van der Waals surface area contributed by atoms with Crippen LogP contribution in [0.5, 0.6) is 5.75 Å². The lowest BCUT2D eigenvalue weighted by atomic mass is 10.1. The van der Waals surface area contributed by atoms with Crippen molar-refractivity contribution in [2.24, 2.45) is 0 Å². The third kappa shape index (κ3) is 4.96. The minimum atomic E-state index is -2.46. The summed E-state index contributed by atoms with van der Waals surface area (Å²) in [6.07, 6.45) is 1.03. The maximum Gasteiger partial charge on any atom is 0.272 e. The predicted molar refractivity (Wildman–Crippen MR) is 67.1 cm³/mol. The zero-order chi connectivity index (χ0) is 13.4. The Balaban J connectivity index is 2.57. The molecule has 1 atom stereocenters. The highest BCUT2D eigenvalue weighted by molar-refractivity contribution is 5.21. The van der Waals surface area contributed by atoms with Gasteiger partial charge >= 0.3 is 0 Å². The second-order valence-electron chi connectivity index (χ2n) is 4.04. The van der Waals surface area contributed by atoms with E-state index in [2.05, 4.69) is 24.1 Å². The van der Waals surface area contributed by atoms with Crippen LogP contribution in [0, 0.1) is 0 Å². The van der Waals surface area contributed by atoms with Gasteiger partial charge in [0.2, 0.25) is 0 Å². The zero-order valence-electron chi connectivity index (χ0n) is 10.8. The molecule has 0 bridgehead atoms. The number of rotatable bonds is 8. The van der Waals surface area contributed by atoms with E-state index >= 15 is 0 Å².